The van der Waals surface area contributed by atoms with Crippen molar-refractivity contribution in [2.24, 2.45) is 4.99 Å². The van der Waals surface area contributed by atoms with Crippen LogP contribution in [-0.4, -0.2) is 40.2 Å². The minimum absolute atomic E-state index is 0.121. The number of hydrogen-bond donors (Lipinski definition) is 1. The van der Waals surface area contributed by atoms with Gasteiger partial charge in [-0.1, -0.05) is 27.7 Å². The largest absolute Gasteiger partial charge is 0.869 e. The molecule has 2 aromatic rings. The number of hydrogen-bond acceptors (Lipinski definition) is 6. The molecule has 0 aromatic heterocycles. The molecular formula is C21H18BrN2O5S-. The number of thioether (sulfide) groups is 1. The highest BCUT2D eigenvalue weighted by Gasteiger charge is 2.32. The van der Waals surface area contributed by atoms with Crippen LogP contribution in [0, 0.1) is 0 Å². The zero-order valence-corrected chi connectivity index (χ0v) is 18.6. The summed E-state index contributed by atoms with van der Waals surface area (Å²) in [5, 5.41) is 21.7. The topological polar surface area (TPSA) is 102 Å². The van der Waals surface area contributed by atoms with Crippen LogP contribution in [0.3, 0.4) is 0 Å². The number of amidine groups is 1. The van der Waals surface area contributed by atoms with Crippen molar-refractivity contribution < 1.29 is 24.5 Å². The predicted molar refractivity (Wildman–Crippen MR) is 118 cm³/mol. The maximum atomic E-state index is 12.8. The highest BCUT2D eigenvalue weighted by molar-refractivity contribution is 9.10. The molecule has 7 nitrogen and oxygen atoms in total. The molecule has 1 aliphatic rings. The maximum Gasteiger partial charge on any atom is 0.335 e. The second kappa shape index (κ2) is 9.36. The Morgan fingerprint density at radius 2 is 2.10 bits per heavy atom. The van der Waals surface area contributed by atoms with Crippen LogP contribution in [0.2, 0.25) is 0 Å². The minimum Gasteiger partial charge on any atom is -0.869 e. The van der Waals surface area contributed by atoms with E-state index in [2.05, 4.69) is 20.9 Å². The molecule has 0 saturated carbocycles. The fourth-order valence-electron chi connectivity index (χ4n) is 2.77. The van der Waals surface area contributed by atoms with Crippen molar-refractivity contribution in [3.05, 3.63) is 56.9 Å². The van der Waals surface area contributed by atoms with Gasteiger partial charge in [0.15, 0.2) is 5.17 Å². The molecule has 0 atom stereocenters. The van der Waals surface area contributed by atoms with Crippen LogP contribution >= 0.6 is 27.7 Å². The van der Waals surface area contributed by atoms with Crippen LogP contribution in [0.25, 0.3) is 6.08 Å². The molecule has 1 heterocycles. The van der Waals surface area contributed by atoms with Crippen LogP contribution < -0.4 is 9.84 Å². The van der Waals surface area contributed by atoms with Crippen molar-refractivity contribution in [2.75, 3.05) is 13.2 Å². The SMILES string of the molecule is CCOc1cc(/C=C2\SC(=Nc3cccc(C(=O)O)c3)N(CC)C2=O)cc(Br)c1[O-]. The van der Waals surface area contributed by atoms with Crippen LogP contribution in [0.4, 0.5) is 5.69 Å². The minimum atomic E-state index is -1.04. The smallest absolute Gasteiger partial charge is 0.335 e. The molecular weight excluding hydrogens is 472 g/mol. The lowest BCUT2D eigenvalue weighted by molar-refractivity contribution is -0.271. The van der Waals surface area contributed by atoms with Gasteiger partial charge >= 0.3 is 5.97 Å². The number of halogens is 1. The second-order valence-electron chi connectivity index (χ2n) is 6.17. The summed E-state index contributed by atoms with van der Waals surface area (Å²) in [5.41, 5.74) is 1.21. The number of rotatable bonds is 6. The Bertz CT molecular complexity index is 1070. The average Bonchev–Trinajstić information content (AvgIpc) is 3.00. The number of carboxylic acid groups (broad SMARTS) is 1. The lowest BCUT2D eigenvalue weighted by Crippen LogP contribution is -2.28. The number of carbonyl (C=O) groups excluding carboxylic acids is 1. The monoisotopic (exact) mass is 489 g/mol. The average molecular weight is 490 g/mol. The standard InChI is InChI=1S/C21H19BrN2O5S/c1-3-24-19(26)17(10-12-8-15(22)18(25)16(9-12)29-4-2)30-21(24)23-14-7-5-6-13(11-14)20(27)28/h5-11,25H,3-4H2,1-2H3,(H,27,28)/p-1/b17-10-,23-21?. The zero-order chi connectivity index (χ0) is 21.8. The van der Waals surface area contributed by atoms with Gasteiger partial charge in [0.05, 0.1) is 22.8 Å². The molecule has 1 amide bonds. The molecule has 1 saturated heterocycles. The first-order valence-corrected chi connectivity index (χ1v) is 10.7. The number of nitrogens with zero attached hydrogens (tertiary/aromatic N) is 2. The summed E-state index contributed by atoms with van der Waals surface area (Å²) in [6, 6.07) is 9.45. The number of aliphatic imine (C=N–C) groups is 1. The van der Waals surface area contributed by atoms with Gasteiger partial charge in [-0.05, 0) is 67.6 Å². The number of carboxylic acids is 1. The molecule has 1 N–H and O–H groups in total. The van der Waals surface area contributed by atoms with E-state index in [1.54, 1.807) is 37.3 Å². The van der Waals surface area contributed by atoms with Gasteiger partial charge in [-0.15, -0.1) is 0 Å². The first-order chi connectivity index (χ1) is 14.3. The number of ether oxygens (including phenoxy) is 1. The van der Waals surface area contributed by atoms with Crippen LogP contribution in [-0.2, 0) is 4.79 Å². The molecule has 0 bridgehead atoms. The molecule has 0 radical (unpaired) electrons. The third-order valence-electron chi connectivity index (χ3n) is 4.15. The van der Waals surface area contributed by atoms with Gasteiger partial charge in [0.2, 0.25) is 0 Å². The van der Waals surface area contributed by atoms with Crippen molar-refractivity contribution in [1.29, 1.82) is 0 Å². The third-order valence-corrected chi connectivity index (χ3v) is 5.75. The molecule has 0 aliphatic carbocycles. The highest BCUT2D eigenvalue weighted by atomic mass is 79.9. The number of likely N-dealkylation sites (N-methyl/N-ethyl adjacent to an activating group) is 1. The van der Waals surface area contributed by atoms with E-state index in [9.17, 15) is 14.7 Å². The van der Waals surface area contributed by atoms with Gasteiger partial charge in [-0.2, -0.15) is 0 Å². The summed E-state index contributed by atoms with van der Waals surface area (Å²) in [5.74, 6) is -1.30. The fourth-order valence-corrected chi connectivity index (χ4v) is 4.30. The zero-order valence-electron chi connectivity index (χ0n) is 16.2. The van der Waals surface area contributed by atoms with Crippen molar-refractivity contribution in [3.63, 3.8) is 0 Å². The Morgan fingerprint density at radius 3 is 2.77 bits per heavy atom. The normalized spacial score (nSPS) is 16.5. The number of benzene rings is 2. The summed E-state index contributed by atoms with van der Waals surface area (Å²) in [7, 11) is 0. The molecule has 2 aromatic carbocycles. The molecule has 9 heteroatoms. The van der Waals surface area contributed by atoms with Crippen LogP contribution in [0.1, 0.15) is 29.8 Å². The van der Waals surface area contributed by atoms with Gasteiger partial charge in [0, 0.05) is 11.0 Å². The van der Waals surface area contributed by atoms with E-state index in [0.29, 0.717) is 38.9 Å². The van der Waals surface area contributed by atoms with E-state index in [-0.39, 0.29) is 23.0 Å². The molecule has 30 heavy (non-hydrogen) atoms. The summed E-state index contributed by atoms with van der Waals surface area (Å²) >= 11 is 4.43. The fraction of sp³-hybridized carbons (Fsp3) is 0.190. The van der Waals surface area contributed by atoms with E-state index in [1.165, 1.54) is 28.8 Å². The van der Waals surface area contributed by atoms with Gasteiger partial charge in [-0.25, -0.2) is 9.79 Å². The highest BCUT2D eigenvalue weighted by Crippen LogP contribution is 2.37. The van der Waals surface area contributed by atoms with E-state index >= 15 is 0 Å². The first-order valence-electron chi connectivity index (χ1n) is 9.10. The summed E-state index contributed by atoms with van der Waals surface area (Å²) in [6.07, 6.45) is 1.68. The molecule has 1 aliphatic heterocycles. The van der Waals surface area contributed by atoms with Crippen molar-refractivity contribution >= 4 is 56.5 Å². The van der Waals surface area contributed by atoms with E-state index in [4.69, 9.17) is 9.84 Å². The van der Waals surface area contributed by atoms with Gasteiger partial charge in [0.25, 0.3) is 5.91 Å². The van der Waals surface area contributed by atoms with Crippen molar-refractivity contribution in [3.8, 4) is 11.5 Å². The third kappa shape index (κ3) is 4.68. The predicted octanol–water partition coefficient (Wildman–Crippen LogP) is 4.24. The molecule has 156 valence electrons. The van der Waals surface area contributed by atoms with Crippen LogP contribution in [0.5, 0.6) is 11.5 Å². The lowest BCUT2D eigenvalue weighted by Gasteiger charge is -2.16. The van der Waals surface area contributed by atoms with E-state index < -0.39 is 5.97 Å². The summed E-state index contributed by atoms with van der Waals surface area (Å²) in [6.45, 7) is 4.38. The van der Waals surface area contributed by atoms with Gasteiger partial charge in [-0.3, -0.25) is 9.69 Å². The number of aromatic carboxylic acids is 1. The molecule has 0 unspecified atom stereocenters. The van der Waals surface area contributed by atoms with Crippen LogP contribution in [0.15, 0.2) is 50.8 Å². The Morgan fingerprint density at radius 1 is 1.33 bits per heavy atom. The van der Waals surface area contributed by atoms with E-state index in [1.807, 2.05) is 6.92 Å². The second-order valence-corrected chi connectivity index (χ2v) is 8.04. The summed E-state index contributed by atoms with van der Waals surface area (Å²) < 4.78 is 5.73. The number of amides is 1. The number of carbonyl (C=O) groups is 2. The Kier molecular flexibility index (Phi) is 6.84. The maximum absolute atomic E-state index is 12.8. The Balaban J connectivity index is 1.96. The Hall–Kier alpha value is -2.78. The van der Waals surface area contributed by atoms with Gasteiger partial charge < -0.3 is 14.9 Å². The Labute approximate surface area is 186 Å². The quantitative estimate of drug-likeness (QED) is 0.608. The van der Waals surface area contributed by atoms with E-state index in [0.717, 1.165) is 0 Å². The lowest BCUT2D eigenvalue weighted by atomic mass is 10.2. The molecule has 1 fully saturated rings. The van der Waals surface area contributed by atoms with Crippen molar-refractivity contribution in [2.45, 2.75) is 13.8 Å². The van der Waals surface area contributed by atoms with Crippen molar-refractivity contribution in [1.82, 2.24) is 4.90 Å². The molecule has 0 spiro atoms. The summed E-state index contributed by atoms with van der Waals surface area (Å²) in [4.78, 5) is 30.4. The first kappa shape index (κ1) is 21.9. The molecule has 3 rings (SSSR count). The van der Waals surface area contributed by atoms with Gasteiger partial charge in [0.1, 0.15) is 5.75 Å².